The number of nitrogens with one attached hydrogen (secondary N) is 1. The lowest BCUT2D eigenvalue weighted by Gasteiger charge is -2.41. The summed E-state index contributed by atoms with van der Waals surface area (Å²) >= 11 is 0. The minimum atomic E-state index is 0.527. The molecule has 19 heavy (non-hydrogen) atoms. The minimum Gasteiger partial charge on any atom is -0.307 e. The van der Waals surface area contributed by atoms with Gasteiger partial charge in [0.25, 0.3) is 0 Å². The molecule has 0 saturated heterocycles. The van der Waals surface area contributed by atoms with Crippen molar-refractivity contribution in [3.05, 3.63) is 35.9 Å². The van der Waals surface area contributed by atoms with Crippen molar-refractivity contribution in [2.24, 2.45) is 17.8 Å². The van der Waals surface area contributed by atoms with Crippen LogP contribution in [0, 0.1) is 17.8 Å². The summed E-state index contributed by atoms with van der Waals surface area (Å²) in [6.45, 7) is 9.33. The summed E-state index contributed by atoms with van der Waals surface area (Å²) in [5.41, 5.74) is 1.45. The van der Waals surface area contributed by atoms with Crippen LogP contribution in [0.25, 0.3) is 0 Å². The second kappa shape index (κ2) is 6.56. The zero-order valence-electron chi connectivity index (χ0n) is 12.9. The first kappa shape index (κ1) is 14.6. The molecule has 0 amide bonds. The van der Waals surface area contributed by atoms with Crippen molar-refractivity contribution in [2.45, 2.75) is 59.0 Å². The number of hydrogen-bond acceptors (Lipinski definition) is 1. The van der Waals surface area contributed by atoms with Crippen molar-refractivity contribution in [3.63, 3.8) is 0 Å². The highest BCUT2D eigenvalue weighted by Gasteiger charge is 2.32. The first-order valence-electron chi connectivity index (χ1n) is 7.87. The van der Waals surface area contributed by atoms with E-state index in [1.54, 1.807) is 0 Å². The van der Waals surface area contributed by atoms with E-state index in [0.29, 0.717) is 6.04 Å². The average Bonchev–Trinajstić information content (AvgIpc) is 2.31. The van der Waals surface area contributed by atoms with Crippen LogP contribution in [0.3, 0.4) is 0 Å². The Hall–Kier alpha value is -0.820. The summed E-state index contributed by atoms with van der Waals surface area (Å²) in [7, 11) is 0. The summed E-state index contributed by atoms with van der Waals surface area (Å²) in [5.74, 6) is 2.52. The third kappa shape index (κ3) is 4.07. The normalized spacial score (nSPS) is 24.5. The van der Waals surface area contributed by atoms with Crippen molar-refractivity contribution in [1.82, 2.24) is 5.32 Å². The van der Waals surface area contributed by atoms with Crippen LogP contribution in [0.2, 0.25) is 0 Å². The molecule has 0 aromatic heterocycles. The molecular formula is C18H29N. The van der Waals surface area contributed by atoms with Gasteiger partial charge in [-0.05, 0) is 42.6 Å². The maximum absolute atomic E-state index is 3.89. The van der Waals surface area contributed by atoms with E-state index >= 15 is 0 Å². The van der Waals surface area contributed by atoms with Crippen LogP contribution in [-0.2, 0) is 0 Å². The maximum atomic E-state index is 3.89. The molecule has 1 saturated carbocycles. The third-order valence-electron chi connectivity index (χ3n) is 4.46. The number of rotatable bonds is 6. The molecule has 1 aliphatic rings. The van der Waals surface area contributed by atoms with Crippen LogP contribution < -0.4 is 5.32 Å². The summed E-state index contributed by atoms with van der Waals surface area (Å²) in [4.78, 5) is 0. The van der Waals surface area contributed by atoms with Crippen molar-refractivity contribution in [3.8, 4) is 0 Å². The molecule has 1 fully saturated rings. The first-order valence-corrected chi connectivity index (χ1v) is 7.87. The van der Waals surface area contributed by atoms with E-state index in [4.69, 9.17) is 0 Å². The summed E-state index contributed by atoms with van der Waals surface area (Å²) in [6.07, 6.45) is 3.95. The van der Waals surface area contributed by atoms with E-state index < -0.39 is 0 Å². The third-order valence-corrected chi connectivity index (χ3v) is 4.46. The molecule has 1 N–H and O–H groups in total. The van der Waals surface area contributed by atoms with E-state index in [-0.39, 0.29) is 0 Å². The molecule has 0 heterocycles. The highest BCUT2D eigenvalue weighted by molar-refractivity contribution is 5.19. The van der Waals surface area contributed by atoms with Crippen LogP contribution in [0.4, 0.5) is 0 Å². The van der Waals surface area contributed by atoms with Crippen molar-refractivity contribution in [2.75, 3.05) is 0 Å². The Balaban J connectivity index is 1.93. The summed E-state index contributed by atoms with van der Waals surface area (Å²) in [5, 5.41) is 3.89. The van der Waals surface area contributed by atoms with Gasteiger partial charge in [-0.15, -0.1) is 0 Å². The lowest BCUT2D eigenvalue weighted by atomic mass is 9.73. The molecule has 1 unspecified atom stereocenters. The minimum absolute atomic E-state index is 0.527. The van der Waals surface area contributed by atoms with Gasteiger partial charge in [0.05, 0.1) is 0 Å². The Morgan fingerprint density at radius 2 is 1.68 bits per heavy atom. The summed E-state index contributed by atoms with van der Waals surface area (Å²) < 4.78 is 0. The average molecular weight is 259 g/mol. The van der Waals surface area contributed by atoms with E-state index in [1.165, 1.54) is 24.8 Å². The van der Waals surface area contributed by atoms with Crippen molar-refractivity contribution in [1.29, 1.82) is 0 Å². The van der Waals surface area contributed by atoms with E-state index in [9.17, 15) is 0 Å². The van der Waals surface area contributed by atoms with E-state index in [2.05, 4.69) is 63.3 Å². The summed E-state index contributed by atoms with van der Waals surface area (Å²) in [6, 6.07) is 12.2. The monoisotopic (exact) mass is 259 g/mol. The van der Waals surface area contributed by atoms with Gasteiger partial charge in [0, 0.05) is 12.1 Å². The van der Waals surface area contributed by atoms with Gasteiger partial charge in [-0.25, -0.2) is 0 Å². The van der Waals surface area contributed by atoms with Crippen LogP contribution in [0.5, 0.6) is 0 Å². The fraction of sp³-hybridized carbons (Fsp3) is 0.667. The van der Waals surface area contributed by atoms with Gasteiger partial charge in [0.15, 0.2) is 0 Å². The van der Waals surface area contributed by atoms with Crippen LogP contribution in [0.15, 0.2) is 30.3 Å². The molecule has 1 aliphatic carbocycles. The molecule has 106 valence electrons. The smallest absolute Gasteiger partial charge is 0.0325 e. The predicted molar refractivity (Wildman–Crippen MR) is 83.1 cm³/mol. The molecule has 1 heteroatoms. The van der Waals surface area contributed by atoms with Gasteiger partial charge in [0.2, 0.25) is 0 Å². The molecule has 1 nitrogen and oxygen atoms in total. The van der Waals surface area contributed by atoms with Crippen molar-refractivity contribution < 1.29 is 0 Å². The van der Waals surface area contributed by atoms with Gasteiger partial charge in [-0.3, -0.25) is 0 Å². The van der Waals surface area contributed by atoms with Gasteiger partial charge in [-0.2, -0.15) is 0 Å². The van der Waals surface area contributed by atoms with Crippen molar-refractivity contribution >= 4 is 0 Å². The molecular weight excluding hydrogens is 230 g/mol. The first-order chi connectivity index (χ1) is 9.06. The van der Waals surface area contributed by atoms with Crippen LogP contribution in [0.1, 0.15) is 58.6 Å². The fourth-order valence-electron chi connectivity index (χ4n) is 3.08. The second-order valence-corrected chi connectivity index (χ2v) is 6.93. The molecule has 0 radical (unpaired) electrons. The number of hydrogen-bond donors (Lipinski definition) is 1. The Bertz CT molecular complexity index is 363. The molecule has 2 rings (SSSR count). The standard InChI is InChI=1S/C18H29N/c1-13(2)10-18(15-8-6-5-7-9-15)19-17-11-16(12-17)14(3)4/h5-9,13-14,16-19H,10-12H2,1-4H3. The van der Waals surface area contributed by atoms with Gasteiger partial charge in [0.1, 0.15) is 0 Å². The van der Waals surface area contributed by atoms with Gasteiger partial charge < -0.3 is 5.32 Å². The zero-order valence-corrected chi connectivity index (χ0v) is 12.9. The molecule has 1 aromatic carbocycles. The lowest BCUT2D eigenvalue weighted by Crippen LogP contribution is -2.44. The molecule has 0 bridgehead atoms. The fourth-order valence-corrected chi connectivity index (χ4v) is 3.08. The highest BCUT2D eigenvalue weighted by Crippen LogP contribution is 2.35. The quantitative estimate of drug-likeness (QED) is 0.774. The number of benzene rings is 1. The zero-order chi connectivity index (χ0) is 13.8. The Morgan fingerprint density at radius 1 is 1.05 bits per heavy atom. The van der Waals surface area contributed by atoms with Crippen LogP contribution >= 0.6 is 0 Å². The van der Waals surface area contributed by atoms with E-state index in [0.717, 1.165) is 23.8 Å². The highest BCUT2D eigenvalue weighted by atomic mass is 15.0. The lowest BCUT2D eigenvalue weighted by molar-refractivity contribution is 0.153. The molecule has 0 aliphatic heterocycles. The Kier molecular flexibility index (Phi) is 5.04. The topological polar surface area (TPSA) is 12.0 Å². The molecule has 1 aromatic rings. The maximum Gasteiger partial charge on any atom is 0.0325 e. The predicted octanol–water partition coefficient (Wildman–Crippen LogP) is 4.80. The largest absolute Gasteiger partial charge is 0.307 e. The van der Waals surface area contributed by atoms with Gasteiger partial charge >= 0.3 is 0 Å². The molecule has 1 atom stereocenters. The SMILES string of the molecule is CC(C)CC(NC1CC(C(C)C)C1)c1ccccc1. The van der Waals surface area contributed by atoms with Crippen LogP contribution in [-0.4, -0.2) is 6.04 Å². The van der Waals surface area contributed by atoms with Gasteiger partial charge in [-0.1, -0.05) is 58.0 Å². The second-order valence-electron chi connectivity index (χ2n) is 6.93. The Morgan fingerprint density at radius 3 is 2.21 bits per heavy atom. The molecule has 0 spiro atoms. The Labute approximate surface area is 118 Å². The van der Waals surface area contributed by atoms with E-state index in [1.807, 2.05) is 0 Å².